The highest BCUT2D eigenvalue weighted by Gasteiger charge is 2.24. The van der Waals surface area contributed by atoms with E-state index in [1.165, 1.54) is 5.56 Å². The van der Waals surface area contributed by atoms with Gasteiger partial charge in [-0.05, 0) is 30.2 Å². The molecule has 0 saturated carbocycles. The lowest BCUT2D eigenvalue weighted by Crippen LogP contribution is -2.51. The molecule has 0 aliphatic carbocycles. The van der Waals surface area contributed by atoms with E-state index < -0.39 is 0 Å². The van der Waals surface area contributed by atoms with E-state index in [2.05, 4.69) is 24.0 Å². The summed E-state index contributed by atoms with van der Waals surface area (Å²) in [6.07, 6.45) is 2.31. The van der Waals surface area contributed by atoms with Gasteiger partial charge in [-0.15, -0.1) is 11.8 Å². The second-order valence-corrected chi connectivity index (χ2v) is 8.37. The number of hydrogen-bond acceptors (Lipinski definition) is 3. The third-order valence-electron chi connectivity index (χ3n) is 5.45. The highest BCUT2D eigenvalue weighted by Crippen LogP contribution is 2.22. The van der Waals surface area contributed by atoms with E-state index >= 15 is 0 Å². The molecule has 1 saturated heterocycles. The maximum absolute atomic E-state index is 12.7. The number of fused-ring (bicyclic) bond motifs is 1. The molecule has 1 aliphatic rings. The minimum absolute atomic E-state index is 0.121. The number of aromatic amines is 1. The molecule has 5 nitrogen and oxygen atoms in total. The van der Waals surface area contributed by atoms with Crippen LogP contribution in [0.4, 0.5) is 0 Å². The van der Waals surface area contributed by atoms with E-state index in [0.717, 1.165) is 21.4 Å². The second kappa shape index (κ2) is 8.74. The molecule has 2 aromatic carbocycles. The van der Waals surface area contributed by atoms with Gasteiger partial charge in [0.2, 0.25) is 11.8 Å². The molecule has 1 N–H and O–H groups in total. The third kappa shape index (κ3) is 4.48. The molecule has 6 heteroatoms. The van der Waals surface area contributed by atoms with Gasteiger partial charge in [-0.3, -0.25) is 9.59 Å². The van der Waals surface area contributed by atoms with Crippen LogP contribution in [0, 0.1) is 6.92 Å². The van der Waals surface area contributed by atoms with Crippen LogP contribution in [0.5, 0.6) is 0 Å². The first-order chi connectivity index (χ1) is 14.1. The number of carbonyl (C=O) groups excluding carboxylic acids is 2. The van der Waals surface area contributed by atoms with E-state index in [1.54, 1.807) is 11.8 Å². The van der Waals surface area contributed by atoms with Crippen molar-refractivity contribution in [2.24, 2.45) is 0 Å². The Balaban J connectivity index is 1.28. The Hall–Kier alpha value is -2.73. The van der Waals surface area contributed by atoms with Gasteiger partial charge in [0.05, 0.1) is 12.2 Å². The fourth-order valence-corrected chi connectivity index (χ4v) is 4.64. The molecule has 4 rings (SSSR count). The molecule has 150 valence electrons. The Kier molecular flexibility index (Phi) is 5.90. The lowest BCUT2D eigenvalue weighted by molar-refractivity contribution is -0.137. The predicted octanol–water partition coefficient (Wildman–Crippen LogP) is 3.48. The maximum atomic E-state index is 12.7. The molecule has 2 heterocycles. The second-order valence-electron chi connectivity index (χ2n) is 7.35. The van der Waals surface area contributed by atoms with Crippen molar-refractivity contribution in [3.05, 3.63) is 65.9 Å². The first-order valence-electron chi connectivity index (χ1n) is 9.91. The average Bonchev–Trinajstić information content (AvgIpc) is 3.16. The summed E-state index contributed by atoms with van der Waals surface area (Å²) in [5.74, 6) is 0.701. The van der Waals surface area contributed by atoms with Gasteiger partial charge in [0.25, 0.3) is 0 Å². The molecular weight excluding hydrogens is 382 g/mol. The topological polar surface area (TPSA) is 56.4 Å². The molecule has 3 aromatic rings. The number of para-hydroxylation sites is 1. The van der Waals surface area contributed by atoms with E-state index in [9.17, 15) is 9.59 Å². The number of thioether (sulfide) groups is 1. The standard InChI is InChI=1S/C23H25N3O2S/c1-17-6-2-5-9-21(17)29-16-23(28)26-12-10-25(11-13-26)22(27)14-18-15-24-20-8-4-3-7-19(18)20/h2-9,15,24H,10-14,16H2,1H3. The summed E-state index contributed by atoms with van der Waals surface area (Å²) in [7, 11) is 0. The molecule has 2 amide bonds. The monoisotopic (exact) mass is 407 g/mol. The van der Waals surface area contributed by atoms with Crippen LogP contribution in [0.15, 0.2) is 59.6 Å². The Morgan fingerprint density at radius 1 is 0.931 bits per heavy atom. The number of rotatable bonds is 5. The molecule has 0 radical (unpaired) electrons. The lowest BCUT2D eigenvalue weighted by Gasteiger charge is -2.34. The van der Waals surface area contributed by atoms with Crippen LogP contribution in [0.1, 0.15) is 11.1 Å². The van der Waals surface area contributed by atoms with Crippen LogP contribution in [-0.2, 0) is 16.0 Å². The minimum Gasteiger partial charge on any atom is -0.361 e. The van der Waals surface area contributed by atoms with E-state index in [4.69, 9.17) is 0 Å². The van der Waals surface area contributed by atoms with E-state index in [-0.39, 0.29) is 11.8 Å². The minimum atomic E-state index is 0.121. The van der Waals surface area contributed by atoms with E-state index in [1.807, 2.05) is 52.4 Å². The van der Waals surface area contributed by atoms with Crippen LogP contribution < -0.4 is 0 Å². The van der Waals surface area contributed by atoms with Crippen molar-refractivity contribution in [2.45, 2.75) is 18.2 Å². The summed E-state index contributed by atoms with van der Waals surface area (Å²) in [4.78, 5) is 33.4. The maximum Gasteiger partial charge on any atom is 0.233 e. The summed E-state index contributed by atoms with van der Waals surface area (Å²) in [6.45, 7) is 4.47. The molecule has 0 atom stereocenters. The molecule has 1 fully saturated rings. The van der Waals surface area contributed by atoms with Crippen LogP contribution >= 0.6 is 11.8 Å². The fraction of sp³-hybridized carbons (Fsp3) is 0.304. The highest BCUT2D eigenvalue weighted by molar-refractivity contribution is 8.00. The Labute approximate surface area is 175 Å². The van der Waals surface area contributed by atoms with Crippen molar-refractivity contribution < 1.29 is 9.59 Å². The van der Waals surface area contributed by atoms with Crippen molar-refractivity contribution in [1.29, 1.82) is 0 Å². The number of amides is 2. The Bertz CT molecular complexity index is 1020. The van der Waals surface area contributed by atoms with Gasteiger partial charge in [-0.1, -0.05) is 36.4 Å². The SMILES string of the molecule is Cc1ccccc1SCC(=O)N1CCN(C(=O)Cc2c[nH]c3ccccc23)CC1. The lowest BCUT2D eigenvalue weighted by atomic mass is 10.1. The number of aryl methyl sites for hydroxylation is 1. The van der Waals surface area contributed by atoms with Gasteiger partial charge in [0, 0.05) is 48.2 Å². The Morgan fingerprint density at radius 3 is 2.34 bits per heavy atom. The average molecular weight is 408 g/mol. The molecule has 0 spiro atoms. The fourth-order valence-electron chi connectivity index (χ4n) is 3.71. The third-order valence-corrected chi connectivity index (χ3v) is 6.61. The van der Waals surface area contributed by atoms with Crippen molar-refractivity contribution in [1.82, 2.24) is 14.8 Å². The molecule has 0 unspecified atom stereocenters. The number of benzene rings is 2. The van der Waals surface area contributed by atoms with Crippen LogP contribution in [0.2, 0.25) is 0 Å². The zero-order valence-electron chi connectivity index (χ0n) is 16.6. The summed E-state index contributed by atoms with van der Waals surface area (Å²) >= 11 is 1.58. The highest BCUT2D eigenvalue weighted by atomic mass is 32.2. The number of nitrogens with one attached hydrogen (secondary N) is 1. The normalized spacial score (nSPS) is 14.4. The van der Waals surface area contributed by atoms with Gasteiger partial charge in [-0.2, -0.15) is 0 Å². The van der Waals surface area contributed by atoms with Gasteiger partial charge in [0.15, 0.2) is 0 Å². The number of aromatic nitrogens is 1. The molecule has 1 aromatic heterocycles. The number of piperazine rings is 1. The van der Waals surface area contributed by atoms with Crippen molar-refractivity contribution in [3.63, 3.8) is 0 Å². The summed E-state index contributed by atoms with van der Waals surface area (Å²) in [5, 5.41) is 1.10. The van der Waals surface area contributed by atoms with Crippen LogP contribution in [-0.4, -0.2) is 58.5 Å². The summed E-state index contributed by atoms with van der Waals surface area (Å²) in [6, 6.07) is 16.1. The first kappa shape index (κ1) is 19.6. The number of H-pyrrole nitrogens is 1. The molecular formula is C23H25N3O2S. The van der Waals surface area contributed by atoms with Crippen LogP contribution in [0.25, 0.3) is 10.9 Å². The van der Waals surface area contributed by atoms with Crippen molar-refractivity contribution in [2.75, 3.05) is 31.9 Å². The number of nitrogens with zero attached hydrogens (tertiary/aromatic N) is 2. The first-order valence-corrected chi connectivity index (χ1v) is 10.9. The van der Waals surface area contributed by atoms with E-state index in [0.29, 0.717) is 38.4 Å². The Morgan fingerprint density at radius 2 is 1.59 bits per heavy atom. The smallest absolute Gasteiger partial charge is 0.233 e. The largest absolute Gasteiger partial charge is 0.361 e. The number of carbonyl (C=O) groups is 2. The van der Waals surface area contributed by atoms with Crippen molar-refractivity contribution in [3.8, 4) is 0 Å². The molecule has 29 heavy (non-hydrogen) atoms. The summed E-state index contributed by atoms with van der Waals surface area (Å²) < 4.78 is 0. The van der Waals surface area contributed by atoms with Gasteiger partial charge >= 0.3 is 0 Å². The van der Waals surface area contributed by atoms with Gasteiger partial charge in [0.1, 0.15) is 0 Å². The molecule has 1 aliphatic heterocycles. The van der Waals surface area contributed by atoms with Crippen molar-refractivity contribution >= 4 is 34.5 Å². The van der Waals surface area contributed by atoms with Gasteiger partial charge in [-0.25, -0.2) is 0 Å². The zero-order valence-corrected chi connectivity index (χ0v) is 17.4. The predicted molar refractivity (Wildman–Crippen MR) is 117 cm³/mol. The zero-order chi connectivity index (χ0) is 20.2. The quantitative estimate of drug-likeness (QED) is 0.659. The van der Waals surface area contributed by atoms with Crippen LogP contribution in [0.3, 0.4) is 0 Å². The number of hydrogen-bond donors (Lipinski definition) is 1. The molecule has 0 bridgehead atoms. The summed E-state index contributed by atoms with van der Waals surface area (Å²) in [5.41, 5.74) is 3.27. The van der Waals surface area contributed by atoms with Gasteiger partial charge < -0.3 is 14.8 Å².